The van der Waals surface area contributed by atoms with E-state index in [2.05, 4.69) is 46.1 Å². The van der Waals surface area contributed by atoms with E-state index in [1.807, 2.05) is 18.2 Å². The van der Waals surface area contributed by atoms with E-state index in [4.69, 9.17) is 4.52 Å². The van der Waals surface area contributed by atoms with Gasteiger partial charge < -0.3 is 9.84 Å². The van der Waals surface area contributed by atoms with Crippen LogP contribution in [0.4, 0.5) is 0 Å². The van der Waals surface area contributed by atoms with Gasteiger partial charge >= 0.3 is 0 Å². The van der Waals surface area contributed by atoms with Crippen molar-refractivity contribution in [2.24, 2.45) is 0 Å². The van der Waals surface area contributed by atoms with Gasteiger partial charge in [-0.1, -0.05) is 25.1 Å². The minimum atomic E-state index is -0.00778. The van der Waals surface area contributed by atoms with Crippen molar-refractivity contribution in [3.8, 4) is 11.5 Å². The van der Waals surface area contributed by atoms with Crippen molar-refractivity contribution in [1.29, 1.82) is 0 Å². The summed E-state index contributed by atoms with van der Waals surface area (Å²) in [5, 5.41) is 6.85. The highest BCUT2D eigenvalue weighted by Crippen LogP contribution is 2.12. The highest BCUT2D eigenvalue weighted by molar-refractivity contribution is 5.76. The number of rotatable bonds is 9. The standard InChI is InChI=1S/C17H25N5O2/c1-4-22(5-2)13(3)12-19-15(23)9-10-16-20-17(21-24-16)14-8-6-7-11-18-14/h6-8,11,13H,4-5,9-10,12H2,1-3H3,(H,19,23). The second-order valence-corrected chi connectivity index (χ2v) is 5.60. The summed E-state index contributed by atoms with van der Waals surface area (Å²) in [6.45, 7) is 8.96. The number of aromatic nitrogens is 3. The number of hydrogen-bond donors (Lipinski definition) is 1. The van der Waals surface area contributed by atoms with Crippen LogP contribution < -0.4 is 5.32 Å². The fourth-order valence-corrected chi connectivity index (χ4v) is 2.50. The summed E-state index contributed by atoms with van der Waals surface area (Å²) in [4.78, 5) is 22.7. The quantitative estimate of drug-likeness (QED) is 0.755. The third-order valence-electron chi connectivity index (χ3n) is 3.96. The summed E-state index contributed by atoms with van der Waals surface area (Å²) in [5.74, 6) is 0.885. The van der Waals surface area contributed by atoms with Crippen molar-refractivity contribution >= 4 is 5.91 Å². The van der Waals surface area contributed by atoms with Gasteiger partial charge in [0.2, 0.25) is 17.6 Å². The van der Waals surface area contributed by atoms with Crippen LogP contribution in [0, 0.1) is 0 Å². The molecule has 7 heteroatoms. The van der Waals surface area contributed by atoms with Gasteiger partial charge in [0.15, 0.2) is 0 Å². The third-order valence-corrected chi connectivity index (χ3v) is 3.96. The van der Waals surface area contributed by atoms with E-state index < -0.39 is 0 Å². The molecule has 130 valence electrons. The molecule has 1 amide bonds. The highest BCUT2D eigenvalue weighted by Gasteiger charge is 2.13. The molecular weight excluding hydrogens is 306 g/mol. The first-order valence-electron chi connectivity index (χ1n) is 8.38. The summed E-state index contributed by atoms with van der Waals surface area (Å²) < 4.78 is 5.18. The second-order valence-electron chi connectivity index (χ2n) is 5.60. The fraction of sp³-hybridized carbons (Fsp3) is 0.529. The molecule has 1 unspecified atom stereocenters. The third kappa shape index (κ3) is 5.13. The monoisotopic (exact) mass is 331 g/mol. The van der Waals surface area contributed by atoms with Crippen LogP contribution in [0.3, 0.4) is 0 Å². The maximum atomic E-state index is 12.0. The predicted octanol–water partition coefficient (Wildman–Crippen LogP) is 1.91. The molecular formula is C17H25N5O2. The Bertz CT molecular complexity index is 625. The van der Waals surface area contributed by atoms with E-state index in [1.54, 1.807) is 6.20 Å². The molecule has 2 rings (SSSR count). The van der Waals surface area contributed by atoms with Crippen molar-refractivity contribution < 1.29 is 9.32 Å². The number of hydrogen-bond acceptors (Lipinski definition) is 6. The van der Waals surface area contributed by atoms with Crippen LogP contribution in [0.1, 0.15) is 33.1 Å². The Balaban J connectivity index is 1.77. The lowest BCUT2D eigenvalue weighted by molar-refractivity contribution is -0.121. The topological polar surface area (TPSA) is 84.2 Å². The summed E-state index contributed by atoms with van der Waals surface area (Å²) in [5.41, 5.74) is 0.657. The number of amides is 1. The maximum absolute atomic E-state index is 12.0. The van der Waals surface area contributed by atoms with Crippen LogP contribution in [-0.4, -0.2) is 51.6 Å². The van der Waals surface area contributed by atoms with Gasteiger partial charge in [-0.3, -0.25) is 14.7 Å². The van der Waals surface area contributed by atoms with Gasteiger partial charge in [-0.25, -0.2) is 0 Å². The number of nitrogens with zero attached hydrogens (tertiary/aromatic N) is 4. The Kier molecular flexibility index (Phi) is 6.87. The van der Waals surface area contributed by atoms with Crippen LogP contribution in [0.25, 0.3) is 11.5 Å². The lowest BCUT2D eigenvalue weighted by Crippen LogP contribution is -2.42. The van der Waals surface area contributed by atoms with Gasteiger partial charge in [-0.2, -0.15) is 4.98 Å². The van der Waals surface area contributed by atoms with Crippen LogP contribution in [-0.2, 0) is 11.2 Å². The number of pyridine rings is 1. The van der Waals surface area contributed by atoms with Crippen LogP contribution in [0.15, 0.2) is 28.9 Å². The summed E-state index contributed by atoms with van der Waals surface area (Å²) in [7, 11) is 0. The molecule has 0 radical (unpaired) electrons. The van der Waals surface area contributed by atoms with Crippen molar-refractivity contribution in [3.05, 3.63) is 30.3 Å². The molecule has 0 aliphatic rings. The first-order chi connectivity index (χ1) is 11.6. The number of carbonyl (C=O) groups is 1. The van der Waals surface area contributed by atoms with E-state index in [9.17, 15) is 4.79 Å². The molecule has 1 atom stereocenters. The number of carbonyl (C=O) groups excluding carboxylic acids is 1. The Morgan fingerprint density at radius 1 is 1.33 bits per heavy atom. The second kappa shape index (κ2) is 9.12. The normalized spacial score (nSPS) is 12.3. The fourth-order valence-electron chi connectivity index (χ4n) is 2.50. The number of aryl methyl sites for hydroxylation is 1. The zero-order chi connectivity index (χ0) is 17.4. The van der Waals surface area contributed by atoms with Crippen LogP contribution >= 0.6 is 0 Å². The van der Waals surface area contributed by atoms with Gasteiger partial charge in [0, 0.05) is 31.6 Å². The molecule has 0 saturated heterocycles. The Labute approximate surface area is 142 Å². The zero-order valence-corrected chi connectivity index (χ0v) is 14.5. The largest absolute Gasteiger partial charge is 0.355 e. The van der Waals surface area contributed by atoms with Crippen molar-refractivity contribution in [3.63, 3.8) is 0 Å². The Morgan fingerprint density at radius 3 is 2.79 bits per heavy atom. The van der Waals surface area contributed by atoms with E-state index in [0.717, 1.165) is 13.1 Å². The molecule has 0 bridgehead atoms. The average Bonchev–Trinajstić information content (AvgIpc) is 3.09. The molecule has 24 heavy (non-hydrogen) atoms. The summed E-state index contributed by atoms with van der Waals surface area (Å²) >= 11 is 0. The lowest BCUT2D eigenvalue weighted by Gasteiger charge is -2.26. The molecule has 2 aromatic heterocycles. The van der Waals surface area contributed by atoms with E-state index in [0.29, 0.717) is 42.8 Å². The van der Waals surface area contributed by atoms with Gasteiger partial charge in [0.25, 0.3) is 0 Å². The Morgan fingerprint density at radius 2 is 2.12 bits per heavy atom. The van der Waals surface area contributed by atoms with Gasteiger partial charge in [0.05, 0.1) is 0 Å². The zero-order valence-electron chi connectivity index (χ0n) is 14.5. The minimum Gasteiger partial charge on any atom is -0.355 e. The summed E-state index contributed by atoms with van der Waals surface area (Å²) in [6, 6.07) is 5.83. The highest BCUT2D eigenvalue weighted by atomic mass is 16.5. The Hall–Kier alpha value is -2.28. The van der Waals surface area contributed by atoms with Crippen LogP contribution in [0.5, 0.6) is 0 Å². The van der Waals surface area contributed by atoms with Gasteiger partial charge in [0.1, 0.15) is 5.69 Å². The molecule has 0 aromatic carbocycles. The first kappa shape index (κ1) is 18.1. The number of nitrogens with one attached hydrogen (secondary N) is 1. The molecule has 1 N–H and O–H groups in total. The van der Waals surface area contributed by atoms with Crippen molar-refractivity contribution in [2.75, 3.05) is 19.6 Å². The smallest absolute Gasteiger partial charge is 0.227 e. The molecule has 7 nitrogen and oxygen atoms in total. The summed E-state index contributed by atoms with van der Waals surface area (Å²) in [6.07, 6.45) is 2.43. The van der Waals surface area contributed by atoms with Crippen LogP contribution in [0.2, 0.25) is 0 Å². The molecule has 0 fully saturated rings. The van der Waals surface area contributed by atoms with Crippen molar-refractivity contribution in [2.45, 2.75) is 39.7 Å². The molecule has 0 aliphatic carbocycles. The molecule has 2 aromatic rings. The molecule has 0 spiro atoms. The van der Waals surface area contributed by atoms with Gasteiger partial charge in [-0.15, -0.1) is 0 Å². The van der Waals surface area contributed by atoms with E-state index >= 15 is 0 Å². The number of likely N-dealkylation sites (N-methyl/N-ethyl adjacent to an activating group) is 1. The predicted molar refractivity (Wildman–Crippen MR) is 91.2 cm³/mol. The molecule has 0 saturated carbocycles. The average molecular weight is 331 g/mol. The SMILES string of the molecule is CCN(CC)C(C)CNC(=O)CCc1nc(-c2ccccn2)no1. The first-order valence-corrected chi connectivity index (χ1v) is 8.38. The lowest BCUT2D eigenvalue weighted by atomic mass is 10.2. The van der Waals surface area contributed by atoms with Gasteiger partial charge in [-0.05, 0) is 32.1 Å². The minimum absolute atomic E-state index is 0.00778. The van der Waals surface area contributed by atoms with Crippen molar-refractivity contribution in [1.82, 2.24) is 25.3 Å². The maximum Gasteiger partial charge on any atom is 0.227 e. The molecule has 0 aliphatic heterocycles. The van der Waals surface area contributed by atoms with E-state index in [-0.39, 0.29) is 5.91 Å². The molecule has 2 heterocycles. The van der Waals surface area contributed by atoms with E-state index in [1.165, 1.54) is 0 Å².